The number of nitrogens with zero attached hydrogens (tertiary/aromatic N) is 2. The summed E-state index contributed by atoms with van der Waals surface area (Å²) in [5, 5.41) is 11.8. The molecule has 2 heterocycles. The number of amides is 1. The number of hydrogen-bond donors (Lipinski definition) is 2. The van der Waals surface area contributed by atoms with Crippen molar-refractivity contribution in [2.24, 2.45) is 5.92 Å². The Hall–Kier alpha value is -3.47. The number of aliphatic hydroxyl groups is 1. The fourth-order valence-electron chi connectivity index (χ4n) is 4.05. The van der Waals surface area contributed by atoms with Gasteiger partial charge < -0.3 is 19.6 Å². The van der Waals surface area contributed by atoms with E-state index in [1.54, 1.807) is 0 Å². The Morgan fingerprint density at radius 3 is 2.56 bits per heavy atom. The average Bonchev–Trinajstić information content (AvgIpc) is 3.25. The molecule has 1 amide bonds. The molecule has 0 saturated heterocycles. The fourth-order valence-corrected chi connectivity index (χ4v) is 4.05. The number of carbonyl (C=O) groups excluding carboxylic acids is 2. The van der Waals surface area contributed by atoms with Crippen LogP contribution in [0.5, 0.6) is 0 Å². The number of aromatic nitrogens is 2. The number of alkyl halides is 3. The lowest BCUT2D eigenvalue weighted by Gasteiger charge is -2.24. The summed E-state index contributed by atoms with van der Waals surface area (Å²) in [4.78, 5) is 32.8. The number of fused-ring (bicyclic) bond motifs is 1. The number of rotatable bonds is 5. The number of aliphatic hydroxyl groups excluding tert-OH is 1. The van der Waals surface area contributed by atoms with Gasteiger partial charge in [0.2, 0.25) is 0 Å². The van der Waals surface area contributed by atoms with Crippen molar-refractivity contribution in [2.75, 3.05) is 19.0 Å². The van der Waals surface area contributed by atoms with Gasteiger partial charge in [0, 0.05) is 18.6 Å². The van der Waals surface area contributed by atoms with Gasteiger partial charge >= 0.3 is 12.1 Å². The van der Waals surface area contributed by atoms with Crippen molar-refractivity contribution in [3.05, 3.63) is 53.2 Å². The zero-order chi connectivity index (χ0) is 24.5. The van der Waals surface area contributed by atoms with Gasteiger partial charge in [-0.05, 0) is 49.8 Å². The number of methoxy groups -OCH3 is 1. The second kappa shape index (κ2) is 9.41. The Bertz CT molecular complexity index is 1220. The minimum atomic E-state index is -4.71. The minimum Gasteiger partial charge on any atom is -0.465 e. The number of pyridine rings is 1. The summed E-state index contributed by atoms with van der Waals surface area (Å²) in [7, 11) is 1.17. The maximum absolute atomic E-state index is 13.0. The Labute approximate surface area is 192 Å². The molecule has 3 aromatic rings. The zero-order valence-electron chi connectivity index (χ0n) is 18.2. The molecule has 1 saturated carbocycles. The molecule has 4 rings (SSSR count). The monoisotopic (exact) mass is 477 g/mol. The number of benzene rings is 1. The third kappa shape index (κ3) is 4.89. The number of anilines is 1. The lowest BCUT2D eigenvalue weighted by molar-refractivity contribution is -0.141. The lowest BCUT2D eigenvalue weighted by atomic mass is 9.82. The molecule has 2 aromatic heterocycles. The molecule has 8 nitrogen and oxygen atoms in total. The highest BCUT2D eigenvalue weighted by molar-refractivity contribution is 6.08. The molecule has 0 aliphatic heterocycles. The van der Waals surface area contributed by atoms with Crippen LogP contribution in [0.3, 0.4) is 0 Å². The fraction of sp³-hybridized carbons (Fsp3) is 0.391. The molecule has 1 fully saturated rings. The van der Waals surface area contributed by atoms with E-state index in [4.69, 9.17) is 9.15 Å². The molecular formula is C23H22F3N3O5. The van der Waals surface area contributed by atoms with Crippen molar-refractivity contribution in [1.82, 2.24) is 9.97 Å². The van der Waals surface area contributed by atoms with Crippen LogP contribution < -0.4 is 5.32 Å². The number of carbonyl (C=O) groups is 2. The number of ether oxygens (including phenoxy) is 1. The topological polar surface area (TPSA) is 115 Å². The van der Waals surface area contributed by atoms with Crippen molar-refractivity contribution < 1.29 is 37.0 Å². The van der Waals surface area contributed by atoms with Crippen LogP contribution in [0.25, 0.3) is 11.1 Å². The number of halogens is 3. The molecule has 2 N–H and O–H groups in total. The van der Waals surface area contributed by atoms with Gasteiger partial charge in [-0.3, -0.25) is 4.79 Å². The molecule has 0 bridgehead atoms. The predicted molar refractivity (Wildman–Crippen MR) is 114 cm³/mol. The molecule has 1 aliphatic carbocycles. The van der Waals surface area contributed by atoms with Crippen molar-refractivity contribution >= 4 is 28.7 Å². The van der Waals surface area contributed by atoms with E-state index in [-0.39, 0.29) is 29.7 Å². The molecule has 11 heteroatoms. The predicted octanol–water partition coefficient (Wildman–Crippen LogP) is 4.55. The maximum atomic E-state index is 13.0. The van der Waals surface area contributed by atoms with Crippen LogP contribution in [-0.2, 0) is 10.9 Å². The summed E-state index contributed by atoms with van der Waals surface area (Å²) in [5.41, 5.74) is -1.02. The molecule has 180 valence electrons. The van der Waals surface area contributed by atoms with Gasteiger partial charge in [-0.1, -0.05) is 6.07 Å². The third-order valence-corrected chi connectivity index (χ3v) is 5.92. The summed E-state index contributed by atoms with van der Waals surface area (Å²) in [6, 6.07) is 5.76. The first-order chi connectivity index (χ1) is 16.2. The van der Waals surface area contributed by atoms with Crippen molar-refractivity contribution in [3.8, 4) is 0 Å². The van der Waals surface area contributed by atoms with E-state index in [0.717, 1.165) is 43.9 Å². The van der Waals surface area contributed by atoms with Crippen LogP contribution in [0.1, 0.15) is 64.0 Å². The van der Waals surface area contributed by atoms with E-state index in [9.17, 15) is 27.9 Å². The van der Waals surface area contributed by atoms with E-state index in [0.29, 0.717) is 17.0 Å². The minimum absolute atomic E-state index is 0.00440. The smallest absolute Gasteiger partial charge is 0.433 e. The highest BCUT2D eigenvalue weighted by Gasteiger charge is 2.33. The van der Waals surface area contributed by atoms with Gasteiger partial charge in [-0.2, -0.15) is 13.2 Å². The Balaban J connectivity index is 1.65. The van der Waals surface area contributed by atoms with Crippen LogP contribution in [-0.4, -0.2) is 40.7 Å². The SMILES string of the molecule is COC(=O)c1cc2nc(C3CCC(CO)CC3)oc2cc1NC(=O)c1cccc(C(F)(F)F)n1. The van der Waals surface area contributed by atoms with E-state index in [2.05, 4.69) is 15.3 Å². The second-order valence-electron chi connectivity index (χ2n) is 8.17. The maximum Gasteiger partial charge on any atom is 0.433 e. The van der Waals surface area contributed by atoms with Gasteiger partial charge in [0.05, 0.1) is 18.4 Å². The Morgan fingerprint density at radius 1 is 1.18 bits per heavy atom. The number of esters is 1. The first-order valence-electron chi connectivity index (χ1n) is 10.7. The number of nitrogens with one attached hydrogen (secondary N) is 1. The summed E-state index contributed by atoms with van der Waals surface area (Å²) in [5.74, 6) is -0.882. The van der Waals surface area contributed by atoms with E-state index >= 15 is 0 Å². The standard InChI is InChI=1S/C23H22F3N3O5/c1-33-22(32)14-9-17-18(34-21(29-17)13-7-5-12(11-30)6-8-13)10-16(14)28-20(31)15-3-2-4-19(27-15)23(24,25)26/h2-4,9-10,12-13,30H,5-8,11H2,1H3,(H,28,31). The number of oxazole rings is 1. The van der Waals surface area contributed by atoms with Gasteiger partial charge in [-0.15, -0.1) is 0 Å². The molecule has 34 heavy (non-hydrogen) atoms. The van der Waals surface area contributed by atoms with E-state index in [1.165, 1.54) is 19.2 Å². The first-order valence-corrected chi connectivity index (χ1v) is 10.7. The molecule has 0 atom stereocenters. The highest BCUT2D eigenvalue weighted by Crippen LogP contribution is 2.37. The largest absolute Gasteiger partial charge is 0.465 e. The zero-order valence-corrected chi connectivity index (χ0v) is 18.2. The van der Waals surface area contributed by atoms with Crippen LogP contribution in [0.15, 0.2) is 34.7 Å². The molecule has 0 unspecified atom stereocenters. The molecular weight excluding hydrogens is 455 g/mol. The van der Waals surface area contributed by atoms with Crippen molar-refractivity contribution in [2.45, 2.75) is 37.8 Å². The normalized spacial score (nSPS) is 18.6. The van der Waals surface area contributed by atoms with Gasteiger partial charge in [0.1, 0.15) is 16.9 Å². The molecule has 0 spiro atoms. The molecule has 1 aliphatic rings. The Kier molecular flexibility index (Phi) is 6.56. The highest BCUT2D eigenvalue weighted by atomic mass is 19.4. The van der Waals surface area contributed by atoms with Gasteiger partial charge in [0.25, 0.3) is 5.91 Å². The summed E-state index contributed by atoms with van der Waals surface area (Å²) in [6.07, 6.45) is -1.42. The molecule has 0 radical (unpaired) electrons. The molecule has 1 aromatic carbocycles. The average molecular weight is 477 g/mol. The van der Waals surface area contributed by atoms with Crippen LogP contribution in [0.2, 0.25) is 0 Å². The quantitative estimate of drug-likeness (QED) is 0.518. The summed E-state index contributed by atoms with van der Waals surface area (Å²) < 4.78 is 49.6. The van der Waals surface area contributed by atoms with Crippen LogP contribution in [0, 0.1) is 5.92 Å². The third-order valence-electron chi connectivity index (χ3n) is 5.92. The summed E-state index contributed by atoms with van der Waals surface area (Å²) in [6.45, 7) is 0.145. The van der Waals surface area contributed by atoms with E-state index in [1.807, 2.05) is 0 Å². The van der Waals surface area contributed by atoms with Crippen molar-refractivity contribution in [3.63, 3.8) is 0 Å². The van der Waals surface area contributed by atoms with Gasteiger partial charge in [0.15, 0.2) is 11.5 Å². The second-order valence-corrected chi connectivity index (χ2v) is 8.17. The summed E-state index contributed by atoms with van der Waals surface area (Å²) >= 11 is 0. The van der Waals surface area contributed by atoms with E-state index < -0.39 is 29.4 Å². The van der Waals surface area contributed by atoms with Gasteiger partial charge in [-0.25, -0.2) is 14.8 Å². The first kappa shape index (κ1) is 23.7. The number of hydrogen-bond acceptors (Lipinski definition) is 7. The van der Waals surface area contributed by atoms with Crippen molar-refractivity contribution in [1.29, 1.82) is 0 Å². The Morgan fingerprint density at radius 2 is 1.91 bits per heavy atom. The van der Waals surface area contributed by atoms with Crippen LogP contribution in [0.4, 0.5) is 18.9 Å². The lowest BCUT2D eigenvalue weighted by Crippen LogP contribution is -2.18. The van der Waals surface area contributed by atoms with Crippen LogP contribution >= 0.6 is 0 Å².